The lowest BCUT2D eigenvalue weighted by Crippen LogP contribution is -2.57. The van der Waals surface area contributed by atoms with E-state index >= 15 is 0 Å². The third kappa shape index (κ3) is 3.52. The average molecular weight is 459 g/mol. The largest absolute Gasteiger partial charge is 0.451 e. The fraction of sp³-hybridized carbons (Fsp3) is 0.455. The van der Waals surface area contributed by atoms with E-state index in [2.05, 4.69) is 26.6 Å². The minimum Gasteiger partial charge on any atom is -0.451 e. The Balaban J connectivity index is 1.21. The van der Waals surface area contributed by atoms with Gasteiger partial charge in [0, 0.05) is 16.1 Å². The molecule has 0 radical (unpaired) electrons. The summed E-state index contributed by atoms with van der Waals surface area (Å²) in [6.45, 7) is 0. The van der Waals surface area contributed by atoms with Crippen LogP contribution in [0.15, 0.2) is 45.3 Å². The Morgan fingerprint density at radius 3 is 2.25 bits per heavy atom. The fourth-order valence-electron chi connectivity index (χ4n) is 5.74. The molecule has 2 N–H and O–H groups in total. The monoisotopic (exact) mass is 458 g/mol. The van der Waals surface area contributed by atoms with E-state index < -0.39 is 0 Å². The molecule has 0 spiro atoms. The van der Waals surface area contributed by atoms with Crippen molar-refractivity contribution in [2.45, 2.75) is 38.1 Å². The van der Waals surface area contributed by atoms with Crippen molar-refractivity contribution in [2.75, 3.05) is 0 Å². The molecule has 4 fully saturated rings. The highest BCUT2D eigenvalue weighted by Crippen LogP contribution is 2.53. The van der Waals surface area contributed by atoms with Crippen LogP contribution in [0.5, 0.6) is 0 Å². The molecule has 6 rings (SSSR count). The number of furan rings is 1. The van der Waals surface area contributed by atoms with Gasteiger partial charge in [0.1, 0.15) is 5.76 Å². The van der Waals surface area contributed by atoms with E-state index in [-0.39, 0.29) is 11.7 Å². The molecule has 0 atom stereocenters. The van der Waals surface area contributed by atoms with Crippen LogP contribution in [0.2, 0.25) is 0 Å². The second-order valence-electron chi connectivity index (χ2n) is 8.55. The lowest BCUT2D eigenvalue weighted by atomic mass is 9.54. The van der Waals surface area contributed by atoms with Gasteiger partial charge in [0.2, 0.25) is 0 Å². The van der Waals surface area contributed by atoms with Crippen LogP contribution in [0.4, 0.5) is 0 Å². The van der Waals surface area contributed by atoms with E-state index in [1.807, 2.05) is 30.3 Å². The summed E-state index contributed by atoms with van der Waals surface area (Å²) in [5.41, 5.74) is 0.927. The summed E-state index contributed by atoms with van der Waals surface area (Å²) < 4.78 is 6.74. The molecule has 0 unspecified atom stereocenters. The molecule has 1 amide bonds. The van der Waals surface area contributed by atoms with Crippen LogP contribution < -0.4 is 10.6 Å². The molecule has 4 aliphatic rings. The standard InChI is InChI=1S/C22H23BrN2O2S/c23-17-3-1-14(2-4-17)18-5-6-19(27-18)21(26)25-22(28)24-20-15-8-12-7-13(10-15)11-16(20)9-12/h1-6,12-13,15-16,20H,7-11H2,(H2,24,25,26,28). The maximum Gasteiger partial charge on any atom is 0.293 e. The van der Waals surface area contributed by atoms with Crippen LogP contribution in [-0.2, 0) is 0 Å². The Hall–Kier alpha value is -1.66. The van der Waals surface area contributed by atoms with Crippen molar-refractivity contribution >= 4 is 39.2 Å². The van der Waals surface area contributed by atoms with Crippen LogP contribution in [0.25, 0.3) is 11.3 Å². The zero-order valence-electron chi connectivity index (χ0n) is 15.5. The average Bonchev–Trinajstić information content (AvgIpc) is 3.15. The summed E-state index contributed by atoms with van der Waals surface area (Å²) in [7, 11) is 0. The van der Waals surface area contributed by atoms with Crippen LogP contribution in [0, 0.1) is 23.7 Å². The molecule has 1 aromatic carbocycles. The Morgan fingerprint density at radius 1 is 0.964 bits per heavy atom. The van der Waals surface area contributed by atoms with Crippen LogP contribution in [0.1, 0.15) is 42.7 Å². The van der Waals surface area contributed by atoms with Crippen molar-refractivity contribution in [1.82, 2.24) is 10.6 Å². The molecular formula is C22H23BrN2O2S. The number of hydrogen-bond donors (Lipinski definition) is 2. The van der Waals surface area contributed by atoms with Gasteiger partial charge in [-0.2, -0.15) is 0 Å². The summed E-state index contributed by atoms with van der Waals surface area (Å²) in [5, 5.41) is 6.69. The number of nitrogens with one attached hydrogen (secondary N) is 2. The van der Waals surface area contributed by atoms with E-state index in [1.54, 1.807) is 6.07 Å². The van der Waals surface area contributed by atoms with E-state index in [1.165, 1.54) is 32.1 Å². The minimum absolute atomic E-state index is 0.271. The summed E-state index contributed by atoms with van der Waals surface area (Å²) in [6.07, 6.45) is 6.69. The number of hydrogen-bond acceptors (Lipinski definition) is 3. The summed E-state index contributed by atoms with van der Waals surface area (Å²) >= 11 is 8.88. The van der Waals surface area contributed by atoms with Gasteiger partial charge in [-0.05, 0) is 92.3 Å². The number of rotatable bonds is 3. The molecule has 4 bridgehead atoms. The van der Waals surface area contributed by atoms with Gasteiger partial charge < -0.3 is 9.73 Å². The summed E-state index contributed by atoms with van der Waals surface area (Å²) in [5.74, 6) is 3.89. The fourth-order valence-corrected chi connectivity index (χ4v) is 6.24. The van der Waals surface area contributed by atoms with Gasteiger partial charge in [0.05, 0.1) is 0 Å². The van der Waals surface area contributed by atoms with Crippen LogP contribution in [0.3, 0.4) is 0 Å². The third-order valence-electron chi connectivity index (χ3n) is 6.71. The number of thiocarbonyl (C=S) groups is 1. The van der Waals surface area contributed by atoms with Gasteiger partial charge in [-0.1, -0.05) is 28.1 Å². The van der Waals surface area contributed by atoms with Gasteiger partial charge in [-0.3, -0.25) is 10.1 Å². The molecule has 4 saturated carbocycles. The van der Waals surface area contributed by atoms with Crippen molar-refractivity contribution in [2.24, 2.45) is 23.7 Å². The Bertz CT molecular complexity index is 880. The van der Waals surface area contributed by atoms with Crippen molar-refractivity contribution in [3.8, 4) is 11.3 Å². The van der Waals surface area contributed by atoms with Crippen molar-refractivity contribution in [3.05, 3.63) is 46.6 Å². The van der Waals surface area contributed by atoms with Crippen LogP contribution >= 0.6 is 28.1 Å². The van der Waals surface area contributed by atoms with Gasteiger partial charge in [-0.15, -0.1) is 0 Å². The zero-order valence-corrected chi connectivity index (χ0v) is 17.9. The maximum absolute atomic E-state index is 12.6. The molecule has 28 heavy (non-hydrogen) atoms. The SMILES string of the molecule is O=C(NC(=S)NC1C2CC3CC(C2)CC1C3)c1ccc(-c2ccc(Br)cc2)o1. The molecular weight excluding hydrogens is 436 g/mol. The highest BCUT2D eigenvalue weighted by molar-refractivity contribution is 9.10. The van der Waals surface area contributed by atoms with Crippen molar-refractivity contribution < 1.29 is 9.21 Å². The number of carbonyl (C=O) groups is 1. The van der Waals surface area contributed by atoms with Crippen molar-refractivity contribution in [1.29, 1.82) is 0 Å². The Morgan fingerprint density at radius 2 is 1.61 bits per heavy atom. The third-order valence-corrected chi connectivity index (χ3v) is 7.46. The highest BCUT2D eigenvalue weighted by atomic mass is 79.9. The predicted octanol–water partition coefficient (Wildman–Crippen LogP) is 5.14. The molecule has 4 nitrogen and oxygen atoms in total. The van der Waals surface area contributed by atoms with E-state index in [4.69, 9.17) is 16.6 Å². The Kier molecular flexibility index (Phi) is 4.79. The van der Waals surface area contributed by atoms with Gasteiger partial charge in [0.15, 0.2) is 10.9 Å². The topological polar surface area (TPSA) is 54.3 Å². The molecule has 1 aromatic heterocycles. The first-order chi connectivity index (χ1) is 13.5. The lowest BCUT2D eigenvalue weighted by molar-refractivity contribution is -0.00692. The quantitative estimate of drug-likeness (QED) is 0.625. The predicted molar refractivity (Wildman–Crippen MR) is 116 cm³/mol. The first-order valence-electron chi connectivity index (χ1n) is 10.0. The maximum atomic E-state index is 12.6. The zero-order chi connectivity index (χ0) is 19.3. The van der Waals surface area contributed by atoms with Crippen LogP contribution in [-0.4, -0.2) is 17.1 Å². The molecule has 0 aliphatic heterocycles. The molecule has 0 saturated heterocycles. The first kappa shape index (κ1) is 18.4. The number of carbonyl (C=O) groups excluding carboxylic acids is 1. The number of benzene rings is 1. The Labute approximate surface area is 178 Å². The smallest absolute Gasteiger partial charge is 0.293 e. The van der Waals surface area contributed by atoms with Gasteiger partial charge in [-0.25, -0.2) is 0 Å². The molecule has 1 heterocycles. The summed E-state index contributed by atoms with van der Waals surface area (Å²) in [6, 6.07) is 11.7. The number of amides is 1. The lowest BCUT2D eigenvalue weighted by Gasteiger charge is -2.54. The normalized spacial score (nSPS) is 30.2. The van der Waals surface area contributed by atoms with E-state index in [0.29, 0.717) is 28.8 Å². The van der Waals surface area contributed by atoms with E-state index in [0.717, 1.165) is 21.9 Å². The summed E-state index contributed by atoms with van der Waals surface area (Å²) in [4.78, 5) is 12.6. The van der Waals surface area contributed by atoms with Gasteiger partial charge in [0.25, 0.3) is 5.91 Å². The highest BCUT2D eigenvalue weighted by Gasteiger charge is 2.48. The molecule has 146 valence electrons. The molecule has 4 aliphatic carbocycles. The van der Waals surface area contributed by atoms with E-state index in [9.17, 15) is 4.79 Å². The second kappa shape index (κ2) is 7.30. The number of halogens is 1. The van der Waals surface area contributed by atoms with Gasteiger partial charge >= 0.3 is 0 Å². The van der Waals surface area contributed by atoms with Crippen molar-refractivity contribution in [3.63, 3.8) is 0 Å². The molecule has 2 aromatic rings. The minimum atomic E-state index is -0.301. The first-order valence-corrected chi connectivity index (χ1v) is 11.2. The molecule has 6 heteroatoms. The second-order valence-corrected chi connectivity index (χ2v) is 9.88.